The molecule has 19 heavy (non-hydrogen) atoms. The molecular weight excluding hydrogens is 306 g/mol. The first kappa shape index (κ1) is 12.2. The Bertz CT molecular complexity index is 724. The van der Waals surface area contributed by atoms with E-state index in [1.165, 1.54) is 0 Å². The highest BCUT2D eigenvalue weighted by Gasteiger charge is 2.06. The molecule has 0 bridgehead atoms. The van der Waals surface area contributed by atoms with Crippen LogP contribution < -0.4 is 5.32 Å². The summed E-state index contributed by atoms with van der Waals surface area (Å²) >= 11 is 3.55. The van der Waals surface area contributed by atoms with Gasteiger partial charge in [0.15, 0.2) is 5.76 Å². The van der Waals surface area contributed by atoms with Gasteiger partial charge in [-0.2, -0.15) is 0 Å². The Morgan fingerprint density at radius 2 is 2.16 bits per heavy atom. The lowest BCUT2D eigenvalue weighted by Gasteiger charge is -2.07. The second kappa shape index (κ2) is 5.01. The van der Waals surface area contributed by atoms with Crippen molar-refractivity contribution in [1.29, 1.82) is 0 Å². The molecule has 4 nitrogen and oxygen atoms in total. The number of hydrogen-bond acceptors (Lipinski definition) is 4. The van der Waals surface area contributed by atoms with E-state index in [-0.39, 0.29) is 0 Å². The number of aryl methyl sites for hydroxylation is 1. The summed E-state index contributed by atoms with van der Waals surface area (Å²) in [5.74, 6) is 1.64. The third-order valence-electron chi connectivity index (χ3n) is 2.86. The highest BCUT2D eigenvalue weighted by atomic mass is 79.9. The second-order valence-electron chi connectivity index (χ2n) is 4.28. The molecular formula is C14H12BrN3O. The first-order valence-electron chi connectivity index (χ1n) is 5.93. The molecule has 0 amide bonds. The quantitative estimate of drug-likeness (QED) is 0.795. The molecule has 1 N–H and O–H groups in total. The van der Waals surface area contributed by atoms with Crippen LogP contribution in [0.2, 0.25) is 0 Å². The van der Waals surface area contributed by atoms with E-state index in [1.807, 2.05) is 37.3 Å². The van der Waals surface area contributed by atoms with Gasteiger partial charge in [-0.25, -0.2) is 4.98 Å². The van der Waals surface area contributed by atoms with Gasteiger partial charge in [-0.05, 0) is 19.1 Å². The number of fused-ring (bicyclic) bond motifs is 1. The number of nitrogens with one attached hydrogen (secondary N) is 1. The molecule has 0 unspecified atom stereocenters. The normalized spacial score (nSPS) is 10.8. The SMILES string of the molecule is Cc1cc(CNc2nccc3c(Br)cccc23)on1. The van der Waals surface area contributed by atoms with Crippen LogP contribution in [0.3, 0.4) is 0 Å². The van der Waals surface area contributed by atoms with Crippen LogP contribution in [0.4, 0.5) is 5.82 Å². The van der Waals surface area contributed by atoms with E-state index in [1.54, 1.807) is 6.20 Å². The third-order valence-corrected chi connectivity index (χ3v) is 3.55. The zero-order valence-electron chi connectivity index (χ0n) is 10.4. The molecule has 0 aliphatic heterocycles. The highest BCUT2D eigenvalue weighted by molar-refractivity contribution is 9.10. The van der Waals surface area contributed by atoms with Crippen molar-refractivity contribution < 1.29 is 4.52 Å². The predicted octanol–water partition coefficient (Wildman–Crippen LogP) is 3.91. The van der Waals surface area contributed by atoms with E-state index in [4.69, 9.17) is 4.52 Å². The second-order valence-corrected chi connectivity index (χ2v) is 5.14. The number of aromatic nitrogens is 2. The Balaban J connectivity index is 1.91. The van der Waals surface area contributed by atoms with Crippen LogP contribution in [-0.4, -0.2) is 10.1 Å². The zero-order valence-corrected chi connectivity index (χ0v) is 11.9. The van der Waals surface area contributed by atoms with Gasteiger partial charge in [0.05, 0.1) is 12.2 Å². The minimum absolute atomic E-state index is 0.569. The summed E-state index contributed by atoms with van der Waals surface area (Å²) in [6, 6.07) is 9.96. The van der Waals surface area contributed by atoms with Crippen molar-refractivity contribution in [2.75, 3.05) is 5.32 Å². The molecule has 0 saturated heterocycles. The number of rotatable bonds is 3. The summed E-state index contributed by atoms with van der Waals surface area (Å²) in [6.45, 7) is 2.47. The van der Waals surface area contributed by atoms with E-state index in [0.717, 1.165) is 32.5 Å². The van der Waals surface area contributed by atoms with Gasteiger partial charge in [-0.3, -0.25) is 0 Å². The molecule has 0 atom stereocenters. The Kier molecular flexibility index (Phi) is 3.21. The number of hydrogen-bond donors (Lipinski definition) is 1. The summed E-state index contributed by atoms with van der Waals surface area (Å²) in [5, 5.41) is 9.35. The van der Waals surface area contributed by atoms with Crippen LogP contribution in [0, 0.1) is 6.92 Å². The molecule has 1 aromatic carbocycles. The molecule has 96 valence electrons. The lowest BCUT2D eigenvalue weighted by Crippen LogP contribution is -2.01. The van der Waals surface area contributed by atoms with Crippen molar-refractivity contribution in [1.82, 2.24) is 10.1 Å². The lowest BCUT2D eigenvalue weighted by molar-refractivity contribution is 0.384. The van der Waals surface area contributed by atoms with E-state index < -0.39 is 0 Å². The standard InChI is InChI=1S/C14H12BrN3O/c1-9-7-10(19-18-9)8-17-14-12-3-2-4-13(15)11(12)5-6-16-14/h2-7H,8H2,1H3,(H,16,17). The largest absolute Gasteiger partial charge is 0.362 e. The van der Waals surface area contributed by atoms with Crippen molar-refractivity contribution in [3.8, 4) is 0 Å². The van der Waals surface area contributed by atoms with Gasteiger partial charge < -0.3 is 9.84 Å². The monoisotopic (exact) mass is 317 g/mol. The fraction of sp³-hybridized carbons (Fsp3) is 0.143. The molecule has 0 aliphatic carbocycles. The van der Waals surface area contributed by atoms with Crippen LogP contribution in [0.5, 0.6) is 0 Å². The molecule has 0 spiro atoms. The molecule has 0 radical (unpaired) electrons. The first-order chi connectivity index (χ1) is 9.24. The molecule has 0 aliphatic rings. The minimum atomic E-state index is 0.569. The van der Waals surface area contributed by atoms with Crippen LogP contribution in [0.1, 0.15) is 11.5 Å². The Morgan fingerprint density at radius 1 is 1.26 bits per heavy atom. The van der Waals surface area contributed by atoms with Crippen LogP contribution >= 0.6 is 15.9 Å². The van der Waals surface area contributed by atoms with Crippen LogP contribution in [0.15, 0.2) is 45.5 Å². The van der Waals surface area contributed by atoms with Gasteiger partial charge in [0.2, 0.25) is 0 Å². The number of pyridine rings is 1. The fourth-order valence-corrected chi connectivity index (χ4v) is 2.48. The van der Waals surface area contributed by atoms with Gasteiger partial charge >= 0.3 is 0 Å². The minimum Gasteiger partial charge on any atom is -0.362 e. The van der Waals surface area contributed by atoms with Crippen LogP contribution in [0.25, 0.3) is 10.8 Å². The summed E-state index contributed by atoms with van der Waals surface area (Å²) in [5.41, 5.74) is 0.880. The molecule has 0 fully saturated rings. The maximum atomic E-state index is 5.17. The zero-order chi connectivity index (χ0) is 13.2. The highest BCUT2D eigenvalue weighted by Crippen LogP contribution is 2.27. The molecule has 3 rings (SSSR count). The van der Waals surface area contributed by atoms with Gasteiger partial charge in [0, 0.05) is 27.5 Å². The smallest absolute Gasteiger partial charge is 0.156 e. The summed E-state index contributed by atoms with van der Waals surface area (Å²) < 4.78 is 6.23. The van der Waals surface area contributed by atoms with E-state index in [2.05, 4.69) is 31.4 Å². The number of nitrogens with zero attached hydrogens (tertiary/aromatic N) is 2. The molecule has 2 aromatic heterocycles. The molecule has 2 heterocycles. The number of benzene rings is 1. The van der Waals surface area contributed by atoms with Crippen molar-refractivity contribution in [3.63, 3.8) is 0 Å². The average Bonchev–Trinajstić information content (AvgIpc) is 2.83. The molecule has 0 saturated carbocycles. The van der Waals surface area contributed by atoms with Crippen molar-refractivity contribution in [2.45, 2.75) is 13.5 Å². The summed E-state index contributed by atoms with van der Waals surface area (Å²) in [7, 11) is 0. The Labute approximate surface area is 119 Å². The van der Waals surface area contributed by atoms with Gasteiger partial charge in [-0.1, -0.05) is 33.2 Å². The topological polar surface area (TPSA) is 51.0 Å². The van der Waals surface area contributed by atoms with E-state index in [0.29, 0.717) is 6.54 Å². The number of halogens is 1. The fourth-order valence-electron chi connectivity index (χ4n) is 1.98. The summed E-state index contributed by atoms with van der Waals surface area (Å²) in [4.78, 5) is 4.38. The van der Waals surface area contributed by atoms with Crippen molar-refractivity contribution >= 4 is 32.5 Å². The summed E-state index contributed by atoms with van der Waals surface area (Å²) in [6.07, 6.45) is 1.79. The van der Waals surface area contributed by atoms with E-state index in [9.17, 15) is 0 Å². The van der Waals surface area contributed by atoms with Crippen molar-refractivity contribution in [2.24, 2.45) is 0 Å². The van der Waals surface area contributed by atoms with Gasteiger partial charge in [-0.15, -0.1) is 0 Å². The average molecular weight is 318 g/mol. The predicted molar refractivity (Wildman–Crippen MR) is 78.0 cm³/mol. The molecule has 5 heteroatoms. The van der Waals surface area contributed by atoms with E-state index >= 15 is 0 Å². The molecule has 3 aromatic rings. The lowest BCUT2D eigenvalue weighted by atomic mass is 10.1. The third kappa shape index (κ3) is 2.46. The Morgan fingerprint density at radius 3 is 2.95 bits per heavy atom. The van der Waals surface area contributed by atoms with Gasteiger partial charge in [0.25, 0.3) is 0 Å². The maximum Gasteiger partial charge on any atom is 0.156 e. The van der Waals surface area contributed by atoms with Crippen molar-refractivity contribution in [3.05, 3.63) is 52.5 Å². The first-order valence-corrected chi connectivity index (χ1v) is 6.72. The van der Waals surface area contributed by atoms with Crippen LogP contribution in [-0.2, 0) is 6.54 Å². The van der Waals surface area contributed by atoms with Gasteiger partial charge in [0.1, 0.15) is 5.82 Å². The number of anilines is 1. The Hall–Kier alpha value is -1.88. The maximum absolute atomic E-state index is 5.17.